The summed E-state index contributed by atoms with van der Waals surface area (Å²) < 4.78 is 8.80. The summed E-state index contributed by atoms with van der Waals surface area (Å²) in [5, 5.41) is 6.19. The maximum Gasteiger partial charge on any atom is 0.274 e. The van der Waals surface area contributed by atoms with Gasteiger partial charge in [0, 0.05) is 29.2 Å². The minimum atomic E-state index is -0.111. The predicted molar refractivity (Wildman–Crippen MR) is 107 cm³/mol. The van der Waals surface area contributed by atoms with E-state index in [-0.39, 0.29) is 5.56 Å². The minimum absolute atomic E-state index is 0.111. The van der Waals surface area contributed by atoms with Gasteiger partial charge in [-0.15, -0.1) is 11.3 Å². The Hall–Kier alpha value is -2.93. The van der Waals surface area contributed by atoms with E-state index in [1.807, 2.05) is 22.9 Å². The van der Waals surface area contributed by atoms with E-state index in [1.165, 1.54) is 4.88 Å². The first-order valence-corrected chi connectivity index (χ1v) is 9.65. The monoisotopic (exact) mass is 380 g/mol. The lowest BCUT2D eigenvalue weighted by molar-refractivity contribution is 0.415. The van der Waals surface area contributed by atoms with Gasteiger partial charge in [-0.2, -0.15) is 5.10 Å². The van der Waals surface area contributed by atoms with Gasteiger partial charge in [-0.25, -0.2) is 9.67 Å². The number of thiophene rings is 1. The van der Waals surface area contributed by atoms with Gasteiger partial charge in [0.1, 0.15) is 11.4 Å². The molecule has 6 nitrogen and oxygen atoms in total. The molecule has 0 aliphatic carbocycles. The molecule has 0 saturated carbocycles. The second-order valence-electron chi connectivity index (χ2n) is 6.21. The van der Waals surface area contributed by atoms with Crippen LogP contribution in [0.4, 0.5) is 0 Å². The maximum atomic E-state index is 13.0. The van der Waals surface area contributed by atoms with E-state index in [9.17, 15) is 4.79 Å². The smallest absolute Gasteiger partial charge is 0.274 e. The Balaban J connectivity index is 1.86. The molecule has 0 aliphatic heterocycles. The summed E-state index contributed by atoms with van der Waals surface area (Å²) in [7, 11) is 1.60. The predicted octanol–water partition coefficient (Wildman–Crippen LogP) is 3.59. The number of methoxy groups -OCH3 is 1. The first kappa shape index (κ1) is 17.5. The summed E-state index contributed by atoms with van der Waals surface area (Å²) in [5.41, 5.74) is 0.725. The van der Waals surface area contributed by atoms with Gasteiger partial charge in [-0.3, -0.25) is 4.79 Å². The summed E-state index contributed by atoms with van der Waals surface area (Å²) in [4.78, 5) is 19.4. The number of nitrogens with zero attached hydrogens (tertiary/aromatic N) is 4. The van der Waals surface area contributed by atoms with Crippen LogP contribution in [-0.2, 0) is 19.5 Å². The molecule has 3 aromatic heterocycles. The van der Waals surface area contributed by atoms with Crippen LogP contribution >= 0.6 is 11.3 Å². The molecule has 1 aromatic carbocycles. The second-order valence-corrected chi connectivity index (χ2v) is 7.38. The van der Waals surface area contributed by atoms with Gasteiger partial charge in [-0.1, -0.05) is 6.92 Å². The van der Waals surface area contributed by atoms with Gasteiger partial charge in [0.05, 0.1) is 30.2 Å². The summed E-state index contributed by atoms with van der Waals surface area (Å²) in [6.07, 6.45) is 6.33. The van der Waals surface area contributed by atoms with E-state index in [0.29, 0.717) is 24.2 Å². The Morgan fingerprint density at radius 3 is 2.74 bits per heavy atom. The number of hydrogen-bond donors (Lipinski definition) is 0. The summed E-state index contributed by atoms with van der Waals surface area (Å²) in [6.45, 7) is 3.24. The van der Waals surface area contributed by atoms with Crippen molar-refractivity contribution in [2.75, 3.05) is 7.11 Å². The third-order valence-electron chi connectivity index (χ3n) is 4.54. The molecule has 4 aromatic rings. The zero-order valence-electron chi connectivity index (χ0n) is 15.3. The molecule has 0 amide bonds. The quantitative estimate of drug-likeness (QED) is 0.513. The molecule has 0 atom stereocenters. The second kappa shape index (κ2) is 7.36. The number of fused-ring (bicyclic) bond motifs is 1. The highest BCUT2D eigenvalue weighted by Gasteiger charge is 2.15. The van der Waals surface area contributed by atoms with E-state index in [0.717, 1.165) is 22.4 Å². The van der Waals surface area contributed by atoms with Crippen molar-refractivity contribution in [3.05, 3.63) is 64.3 Å². The number of aryl methyl sites for hydroxylation is 3. The van der Waals surface area contributed by atoms with Crippen LogP contribution in [-0.4, -0.2) is 26.4 Å². The zero-order chi connectivity index (χ0) is 18.8. The number of ether oxygens (including phenoxy) is 1. The van der Waals surface area contributed by atoms with Gasteiger partial charge in [0.25, 0.3) is 5.56 Å². The topological polar surface area (TPSA) is 61.9 Å². The Morgan fingerprint density at radius 2 is 2.04 bits per heavy atom. The molecule has 0 saturated heterocycles. The minimum Gasteiger partial charge on any atom is -0.497 e. The highest BCUT2D eigenvalue weighted by atomic mass is 32.1. The average Bonchev–Trinajstić information content (AvgIpc) is 3.39. The van der Waals surface area contributed by atoms with E-state index < -0.39 is 0 Å². The van der Waals surface area contributed by atoms with Crippen LogP contribution in [0.15, 0.2) is 53.8 Å². The molecule has 0 radical (unpaired) electrons. The lowest BCUT2D eigenvalue weighted by Crippen LogP contribution is -2.25. The van der Waals surface area contributed by atoms with Gasteiger partial charge in [0.2, 0.25) is 0 Å². The third kappa shape index (κ3) is 3.38. The fourth-order valence-electron chi connectivity index (χ4n) is 3.05. The number of hydrogen-bond acceptors (Lipinski definition) is 5. The molecule has 4 rings (SSSR count). The third-order valence-corrected chi connectivity index (χ3v) is 5.78. The van der Waals surface area contributed by atoms with Crippen LogP contribution in [0.1, 0.15) is 11.8 Å². The molecule has 138 valence electrons. The largest absolute Gasteiger partial charge is 0.497 e. The standard InChI is InChI=1S/C20H20N4O2S/c1-3-15-5-7-18(27-15)19-16-6-4-14(26-2)12-17(16)20(25)24(22-19)11-10-23-9-8-21-13-23/h4-9,12-13H,3,10-11H2,1-2H3. The number of benzene rings is 1. The maximum absolute atomic E-state index is 13.0. The van der Waals surface area contributed by atoms with Crippen LogP contribution < -0.4 is 10.3 Å². The molecule has 27 heavy (non-hydrogen) atoms. The number of imidazole rings is 1. The molecule has 0 fully saturated rings. The summed E-state index contributed by atoms with van der Waals surface area (Å²) >= 11 is 1.72. The summed E-state index contributed by atoms with van der Waals surface area (Å²) in [6, 6.07) is 9.80. The molecule has 7 heteroatoms. The number of aromatic nitrogens is 4. The fraction of sp³-hybridized carbons (Fsp3) is 0.250. The molecule has 0 N–H and O–H groups in total. The van der Waals surface area contributed by atoms with Gasteiger partial charge in [-0.05, 0) is 36.8 Å². The molecular formula is C20H20N4O2S. The van der Waals surface area contributed by atoms with E-state index >= 15 is 0 Å². The normalized spacial score (nSPS) is 11.2. The van der Waals surface area contributed by atoms with Crippen molar-refractivity contribution in [2.24, 2.45) is 0 Å². The lowest BCUT2D eigenvalue weighted by atomic mass is 10.1. The Morgan fingerprint density at radius 1 is 1.15 bits per heavy atom. The number of rotatable bonds is 6. The molecular weight excluding hydrogens is 360 g/mol. The Kier molecular flexibility index (Phi) is 4.77. The lowest BCUT2D eigenvalue weighted by Gasteiger charge is -2.11. The van der Waals surface area contributed by atoms with Crippen LogP contribution in [0.25, 0.3) is 21.3 Å². The van der Waals surface area contributed by atoms with Crippen molar-refractivity contribution in [3.8, 4) is 16.3 Å². The highest BCUT2D eigenvalue weighted by Crippen LogP contribution is 2.32. The van der Waals surface area contributed by atoms with Crippen molar-refractivity contribution in [3.63, 3.8) is 0 Å². The molecule has 0 aliphatic rings. The van der Waals surface area contributed by atoms with E-state index in [4.69, 9.17) is 9.84 Å². The van der Waals surface area contributed by atoms with Crippen LogP contribution in [0.3, 0.4) is 0 Å². The van der Waals surface area contributed by atoms with Gasteiger partial charge in [0.15, 0.2) is 0 Å². The zero-order valence-corrected chi connectivity index (χ0v) is 16.1. The van der Waals surface area contributed by atoms with Crippen LogP contribution in [0, 0.1) is 0 Å². The van der Waals surface area contributed by atoms with Gasteiger partial charge >= 0.3 is 0 Å². The van der Waals surface area contributed by atoms with E-state index in [1.54, 1.807) is 41.7 Å². The van der Waals surface area contributed by atoms with E-state index in [2.05, 4.69) is 24.0 Å². The van der Waals surface area contributed by atoms with Crippen molar-refractivity contribution < 1.29 is 4.74 Å². The first-order chi connectivity index (χ1) is 13.2. The summed E-state index contributed by atoms with van der Waals surface area (Å²) in [5.74, 6) is 0.665. The van der Waals surface area contributed by atoms with Crippen molar-refractivity contribution in [1.82, 2.24) is 19.3 Å². The van der Waals surface area contributed by atoms with Crippen molar-refractivity contribution in [1.29, 1.82) is 0 Å². The Bertz CT molecular complexity index is 1130. The van der Waals surface area contributed by atoms with Crippen LogP contribution in [0.2, 0.25) is 0 Å². The average molecular weight is 380 g/mol. The Labute approximate surface area is 160 Å². The van der Waals surface area contributed by atoms with Gasteiger partial charge < -0.3 is 9.30 Å². The van der Waals surface area contributed by atoms with Crippen molar-refractivity contribution in [2.45, 2.75) is 26.4 Å². The SMILES string of the molecule is CCc1ccc(-c2nn(CCn3ccnc3)c(=O)c3cc(OC)ccc23)s1. The fourth-order valence-corrected chi connectivity index (χ4v) is 4.00. The van der Waals surface area contributed by atoms with Crippen LogP contribution in [0.5, 0.6) is 5.75 Å². The highest BCUT2D eigenvalue weighted by molar-refractivity contribution is 7.15. The first-order valence-electron chi connectivity index (χ1n) is 8.83. The van der Waals surface area contributed by atoms with Crippen molar-refractivity contribution >= 4 is 22.1 Å². The molecule has 0 bridgehead atoms. The molecule has 0 unspecified atom stereocenters. The molecule has 3 heterocycles. The molecule has 0 spiro atoms.